The van der Waals surface area contributed by atoms with Crippen LogP contribution in [0.15, 0.2) is 60.9 Å². The maximum Gasteiger partial charge on any atom is 0.259 e. The van der Waals surface area contributed by atoms with E-state index in [4.69, 9.17) is 11.6 Å². The van der Waals surface area contributed by atoms with E-state index in [1.165, 1.54) is 12.1 Å². The highest BCUT2D eigenvalue weighted by Crippen LogP contribution is 2.21. The van der Waals surface area contributed by atoms with Gasteiger partial charge in [-0.3, -0.25) is 9.48 Å². The van der Waals surface area contributed by atoms with Crippen molar-refractivity contribution in [1.29, 1.82) is 0 Å². The summed E-state index contributed by atoms with van der Waals surface area (Å²) in [5, 5.41) is 12.0. The Hall–Kier alpha value is -3.45. The first kappa shape index (κ1) is 19.8. The number of aryl methyl sites for hydroxylation is 1. The lowest BCUT2D eigenvalue weighted by atomic mass is 10.2. The van der Waals surface area contributed by atoms with Crippen LogP contribution in [-0.2, 0) is 6.54 Å². The summed E-state index contributed by atoms with van der Waals surface area (Å²) in [6, 6.07) is 13.9. The van der Waals surface area contributed by atoms with Gasteiger partial charge in [-0.1, -0.05) is 35.9 Å². The highest BCUT2D eigenvalue weighted by Gasteiger charge is 2.20. The molecule has 4 aromatic rings. The lowest BCUT2D eigenvalue weighted by Gasteiger charge is -2.06. The fourth-order valence-corrected chi connectivity index (χ4v) is 3.55. The van der Waals surface area contributed by atoms with Crippen molar-refractivity contribution < 1.29 is 9.18 Å². The molecular formula is C22H19ClFN5O. The zero-order valence-electron chi connectivity index (χ0n) is 16.4. The smallest absolute Gasteiger partial charge is 0.259 e. The van der Waals surface area contributed by atoms with Crippen molar-refractivity contribution in [2.45, 2.75) is 20.4 Å². The predicted octanol–water partition coefficient (Wildman–Crippen LogP) is 4.78. The molecule has 0 fully saturated rings. The molecular weight excluding hydrogens is 405 g/mol. The van der Waals surface area contributed by atoms with Crippen molar-refractivity contribution in [3.05, 3.63) is 94.3 Å². The standard InChI is InChI=1S/C22H19ClFN5O/c1-14-21(15(2)29(27-14)19-6-4-3-5-7-19)22(30)26-18-11-25-28(13-18)12-16-8-9-17(24)10-20(16)23/h3-11,13H,12H2,1-2H3,(H,26,30). The second-order valence-corrected chi connectivity index (χ2v) is 7.32. The van der Waals surface area contributed by atoms with E-state index < -0.39 is 0 Å². The van der Waals surface area contributed by atoms with E-state index in [1.807, 2.05) is 37.3 Å². The van der Waals surface area contributed by atoms with Crippen LogP contribution in [0.2, 0.25) is 5.02 Å². The largest absolute Gasteiger partial charge is 0.319 e. The number of aromatic nitrogens is 4. The normalized spacial score (nSPS) is 10.9. The predicted molar refractivity (Wildman–Crippen MR) is 114 cm³/mol. The van der Waals surface area contributed by atoms with Gasteiger partial charge in [-0.05, 0) is 43.7 Å². The number of anilines is 1. The Morgan fingerprint density at radius 3 is 2.67 bits per heavy atom. The molecule has 0 aliphatic rings. The monoisotopic (exact) mass is 423 g/mol. The summed E-state index contributed by atoms with van der Waals surface area (Å²) < 4.78 is 16.6. The van der Waals surface area contributed by atoms with E-state index in [0.717, 1.165) is 16.9 Å². The summed E-state index contributed by atoms with van der Waals surface area (Å²) in [6.07, 6.45) is 3.26. The lowest BCUT2D eigenvalue weighted by molar-refractivity contribution is 0.102. The summed E-state index contributed by atoms with van der Waals surface area (Å²) in [5.41, 5.74) is 4.08. The van der Waals surface area contributed by atoms with Crippen LogP contribution in [0.1, 0.15) is 27.3 Å². The van der Waals surface area contributed by atoms with Crippen LogP contribution < -0.4 is 5.32 Å². The summed E-state index contributed by atoms with van der Waals surface area (Å²) in [5.74, 6) is -0.648. The number of amides is 1. The van der Waals surface area contributed by atoms with Gasteiger partial charge < -0.3 is 5.32 Å². The molecule has 0 radical (unpaired) electrons. The van der Waals surface area contributed by atoms with Crippen LogP contribution in [0.4, 0.5) is 10.1 Å². The van der Waals surface area contributed by atoms with E-state index >= 15 is 0 Å². The molecule has 0 bridgehead atoms. The van der Waals surface area contributed by atoms with Crippen LogP contribution in [-0.4, -0.2) is 25.5 Å². The average molecular weight is 424 g/mol. The Labute approximate surface area is 177 Å². The molecule has 30 heavy (non-hydrogen) atoms. The molecule has 2 aromatic carbocycles. The first-order chi connectivity index (χ1) is 14.4. The number of para-hydroxylation sites is 1. The Balaban J connectivity index is 1.52. The molecule has 0 atom stereocenters. The zero-order chi connectivity index (χ0) is 21.3. The molecule has 0 spiro atoms. The van der Waals surface area contributed by atoms with Gasteiger partial charge in [0.15, 0.2) is 0 Å². The summed E-state index contributed by atoms with van der Waals surface area (Å²) in [6.45, 7) is 4.03. The maximum absolute atomic E-state index is 13.2. The summed E-state index contributed by atoms with van der Waals surface area (Å²) >= 11 is 6.08. The second kappa shape index (κ2) is 8.12. The second-order valence-electron chi connectivity index (χ2n) is 6.91. The molecule has 8 heteroatoms. The highest BCUT2D eigenvalue weighted by molar-refractivity contribution is 6.31. The number of benzene rings is 2. The Morgan fingerprint density at radius 1 is 1.17 bits per heavy atom. The van der Waals surface area contributed by atoms with Gasteiger partial charge in [0.05, 0.1) is 41.1 Å². The van der Waals surface area contributed by atoms with E-state index in [0.29, 0.717) is 28.5 Å². The third kappa shape index (κ3) is 3.97. The number of hydrogen-bond donors (Lipinski definition) is 1. The molecule has 1 N–H and O–H groups in total. The van der Waals surface area contributed by atoms with Crippen LogP contribution >= 0.6 is 11.6 Å². The molecule has 0 unspecified atom stereocenters. The van der Waals surface area contributed by atoms with Crippen molar-refractivity contribution in [2.75, 3.05) is 5.32 Å². The van der Waals surface area contributed by atoms with Crippen molar-refractivity contribution >= 4 is 23.2 Å². The number of carbonyl (C=O) groups is 1. The minimum absolute atomic E-state index is 0.258. The quantitative estimate of drug-likeness (QED) is 0.502. The van der Waals surface area contributed by atoms with Crippen LogP contribution in [0.5, 0.6) is 0 Å². The molecule has 1 amide bonds. The Kier molecular flexibility index (Phi) is 5.37. The van der Waals surface area contributed by atoms with E-state index in [-0.39, 0.29) is 11.7 Å². The SMILES string of the molecule is Cc1nn(-c2ccccc2)c(C)c1C(=O)Nc1cnn(Cc2ccc(F)cc2Cl)c1. The molecule has 2 aromatic heterocycles. The molecule has 0 aliphatic heterocycles. The maximum atomic E-state index is 13.2. The van der Waals surface area contributed by atoms with Crippen molar-refractivity contribution in [1.82, 2.24) is 19.6 Å². The van der Waals surface area contributed by atoms with Crippen LogP contribution in [0, 0.1) is 19.7 Å². The van der Waals surface area contributed by atoms with E-state index in [9.17, 15) is 9.18 Å². The van der Waals surface area contributed by atoms with Gasteiger partial charge in [0.25, 0.3) is 5.91 Å². The highest BCUT2D eigenvalue weighted by atomic mass is 35.5. The number of hydrogen-bond acceptors (Lipinski definition) is 3. The number of nitrogens with one attached hydrogen (secondary N) is 1. The van der Waals surface area contributed by atoms with Gasteiger partial charge >= 0.3 is 0 Å². The van der Waals surface area contributed by atoms with E-state index in [1.54, 1.807) is 34.7 Å². The topological polar surface area (TPSA) is 64.7 Å². The number of halogens is 2. The Bertz CT molecular complexity index is 1220. The first-order valence-electron chi connectivity index (χ1n) is 9.32. The van der Waals surface area contributed by atoms with Gasteiger partial charge in [-0.15, -0.1) is 0 Å². The fraction of sp³-hybridized carbons (Fsp3) is 0.136. The van der Waals surface area contributed by atoms with E-state index in [2.05, 4.69) is 15.5 Å². The molecule has 0 saturated heterocycles. The van der Waals surface area contributed by atoms with Crippen molar-refractivity contribution in [3.63, 3.8) is 0 Å². The number of nitrogens with zero attached hydrogens (tertiary/aromatic N) is 4. The lowest BCUT2D eigenvalue weighted by Crippen LogP contribution is -2.14. The molecule has 2 heterocycles. The van der Waals surface area contributed by atoms with Crippen LogP contribution in [0.3, 0.4) is 0 Å². The number of rotatable bonds is 5. The van der Waals surface area contributed by atoms with Crippen molar-refractivity contribution in [3.8, 4) is 5.69 Å². The molecule has 0 aliphatic carbocycles. The summed E-state index contributed by atoms with van der Waals surface area (Å²) in [7, 11) is 0. The molecule has 4 rings (SSSR count). The molecule has 152 valence electrons. The van der Waals surface area contributed by atoms with Gasteiger partial charge in [0, 0.05) is 11.2 Å². The van der Waals surface area contributed by atoms with Crippen LogP contribution in [0.25, 0.3) is 5.69 Å². The zero-order valence-corrected chi connectivity index (χ0v) is 17.2. The van der Waals surface area contributed by atoms with Gasteiger partial charge in [-0.25, -0.2) is 9.07 Å². The molecule has 6 nitrogen and oxygen atoms in total. The minimum atomic E-state index is -0.390. The summed E-state index contributed by atoms with van der Waals surface area (Å²) in [4.78, 5) is 12.9. The van der Waals surface area contributed by atoms with Gasteiger partial charge in [0.2, 0.25) is 0 Å². The average Bonchev–Trinajstić information content (AvgIpc) is 3.28. The van der Waals surface area contributed by atoms with Gasteiger partial charge in [0.1, 0.15) is 5.82 Å². The van der Waals surface area contributed by atoms with Crippen molar-refractivity contribution in [2.24, 2.45) is 0 Å². The minimum Gasteiger partial charge on any atom is -0.319 e. The third-order valence-corrected chi connectivity index (χ3v) is 5.11. The molecule has 0 saturated carbocycles. The third-order valence-electron chi connectivity index (χ3n) is 4.76. The first-order valence-corrected chi connectivity index (χ1v) is 9.69. The number of carbonyl (C=O) groups excluding carboxylic acids is 1. The Morgan fingerprint density at radius 2 is 1.93 bits per heavy atom. The van der Waals surface area contributed by atoms with Gasteiger partial charge in [-0.2, -0.15) is 10.2 Å². The fourth-order valence-electron chi connectivity index (χ4n) is 3.32.